The van der Waals surface area contributed by atoms with Gasteiger partial charge in [-0.1, -0.05) is 25.4 Å². The quantitative estimate of drug-likeness (QED) is 0.713. The van der Waals surface area contributed by atoms with Crippen molar-refractivity contribution in [2.75, 3.05) is 13.7 Å². The summed E-state index contributed by atoms with van der Waals surface area (Å²) in [5.74, 6) is 1.37. The highest BCUT2D eigenvalue weighted by Gasteiger charge is 2.22. The standard InChI is InChI=1S/C19H29ClN2O3.ClH/c1-12(2)8-9-25-18-16(20)10-13(11-17(18)24-3)19(23)22-15-6-4-14(21)5-7-15;/h10-12,14-15H,4-9,21H2,1-3H3,(H,22,23);1H. The lowest BCUT2D eigenvalue weighted by atomic mass is 9.91. The first-order chi connectivity index (χ1) is 11.9. The Morgan fingerprint density at radius 1 is 1.31 bits per heavy atom. The van der Waals surface area contributed by atoms with Crippen LogP contribution >= 0.6 is 24.0 Å². The second-order valence-corrected chi connectivity index (χ2v) is 7.51. The predicted molar refractivity (Wildman–Crippen MR) is 108 cm³/mol. The highest BCUT2D eigenvalue weighted by molar-refractivity contribution is 6.32. The second kappa shape index (κ2) is 10.9. The summed E-state index contributed by atoms with van der Waals surface area (Å²) in [6.07, 6.45) is 4.63. The fraction of sp³-hybridized carbons (Fsp3) is 0.632. The first-order valence-corrected chi connectivity index (χ1v) is 9.35. The molecule has 0 unspecified atom stereocenters. The first-order valence-electron chi connectivity index (χ1n) is 8.97. The zero-order valence-corrected chi connectivity index (χ0v) is 17.3. The van der Waals surface area contributed by atoms with Crippen molar-refractivity contribution >= 4 is 29.9 Å². The summed E-state index contributed by atoms with van der Waals surface area (Å²) in [6, 6.07) is 3.74. The number of amides is 1. The zero-order chi connectivity index (χ0) is 18.4. The molecule has 7 heteroatoms. The molecule has 1 fully saturated rings. The summed E-state index contributed by atoms with van der Waals surface area (Å²) < 4.78 is 11.1. The molecule has 1 aromatic carbocycles. The molecule has 0 heterocycles. The van der Waals surface area contributed by atoms with Crippen LogP contribution in [0.2, 0.25) is 5.02 Å². The number of rotatable bonds is 7. The van der Waals surface area contributed by atoms with Crippen LogP contribution in [0.5, 0.6) is 11.5 Å². The highest BCUT2D eigenvalue weighted by atomic mass is 35.5. The number of methoxy groups -OCH3 is 1. The van der Waals surface area contributed by atoms with Gasteiger partial charge in [0.15, 0.2) is 11.5 Å². The van der Waals surface area contributed by atoms with Crippen molar-refractivity contribution < 1.29 is 14.3 Å². The smallest absolute Gasteiger partial charge is 0.251 e. The highest BCUT2D eigenvalue weighted by Crippen LogP contribution is 2.36. The van der Waals surface area contributed by atoms with Crippen LogP contribution in [0, 0.1) is 5.92 Å². The van der Waals surface area contributed by atoms with Crippen LogP contribution in [0.25, 0.3) is 0 Å². The van der Waals surface area contributed by atoms with Crippen molar-refractivity contribution in [1.29, 1.82) is 0 Å². The first kappa shape index (κ1) is 22.9. The fourth-order valence-corrected chi connectivity index (χ4v) is 3.19. The van der Waals surface area contributed by atoms with Gasteiger partial charge in [0.05, 0.1) is 18.7 Å². The van der Waals surface area contributed by atoms with Gasteiger partial charge in [-0.05, 0) is 50.2 Å². The van der Waals surface area contributed by atoms with Gasteiger partial charge in [0.1, 0.15) is 0 Å². The average molecular weight is 405 g/mol. The molecule has 5 nitrogen and oxygen atoms in total. The van der Waals surface area contributed by atoms with Crippen molar-refractivity contribution in [3.05, 3.63) is 22.7 Å². The minimum atomic E-state index is -0.144. The summed E-state index contributed by atoms with van der Waals surface area (Å²) >= 11 is 6.33. The maximum absolute atomic E-state index is 12.5. The molecule has 0 atom stereocenters. The van der Waals surface area contributed by atoms with Crippen molar-refractivity contribution in [1.82, 2.24) is 5.32 Å². The Hall–Kier alpha value is -1.17. The third kappa shape index (κ3) is 6.53. The van der Waals surface area contributed by atoms with Crippen LogP contribution in [-0.2, 0) is 0 Å². The van der Waals surface area contributed by atoms with Crippen molar-refractivity contribution in [3.63, 3.8) is 0 Å². The summed E-state index contributed by atoms with van der Waals surface area (Å²) in [7, 11) is 1.55. The number of nitrogens with one attached hydrogen (secondary N) is 1. The van der Waals surface area contributed by atoms with E-state index in [1.54, 1.807) is 19.2 Å². The van der Waals surface area contributed by atoms with Gasteiger partial charge in [0, 0.05) is 17.6 Å². The lowest BCUT2D eigenvalue weighted by molar-refractivity contribution is 0.0925. The lowest BCUT2D eigenvalue weighted by Gasteiger charge is -2.27. The Morgan fingerprint density at radius 2 is 1.96 bits per heavy atom. The molecule has 0 aliphatic heterocycles. The molecular formula is C19H30Cl2N2O3. The van der Waals surface area contributed by atoms with E-state index < -0.39 is 0 Å². The number of carbonyl (C=O) groups excluding carboxylic acids is 1. The number of hydrogen-bond donors (Lipinski definition) is 2. The molecule has 0 radical (unpaired) electrons. The van der Waals surface area contributed by atoms with E-state index in [9.17, 15) is 4.79 Å². The van der Waals surface area contributed by atoms with Gasteiger partial charge in [-0.15, -0.1) is 12.4 Å². The number of carbonyl (C=O) groups is 1. The Balaban J connectivity index is 0.00000338. The summed E-state index contributed by atoms with van der Waals surface area (Å²) in [6.45, 7) is 4.82. The Labute approximate surface area is 167 Å². The summed E-state index contributed by atoms with van der Waals surface area (Å²) in [5, 5.41) is 3.45. The molecule has 0 aromatic heterocycles. The number of hydrogen-bond acceptors (Lipinski definition) is 4. The monoisotopic (exact) mass is 404 g/mol. The normalized spacial score (nSPS) is 19.6. The number of benzene rings is 1. The molecule has 1 saturated carbocycles. The van der Waals surface area contributed by atoms with Crippen LogP contribution in [0.3, 0.4) is 0 Å². The van der Waals surface area contributed by atoms with Gasteiger partial charge in [-0.2, -0.15) is 0 Å². The molecule has 1 aliphatic rings. The zero-order valence-electron chi connectivity index (χ0n) is 15.7. The van der Waals surface area contributed by atoms with Gasteiger partial charge in [-0.25, -0.2) is 0 Å². The molecule has 1 amide bonds. The van der Waals surface area contributed by atoms with E-state index in [2.05, 4.69) is 19.2 Å². The fourth-order valence-electron chi connectivity index (χ4n) is 2.92. The van der Waals surface area contributed by atoms with Gasteiger partial charge in [0.25, 0.3) is 5.91 Å². The molecular weight excluding hydrogens is 375 g/mol. The van der Waals surface area contributed by atoms with E-state index >= 15 is 0 Å². The van der Waals surface area contributed by atoms with Crippen molar-refractivity contribution in [2.24, 2.45) is 11.7 Å². The minimum Gasteiger partial charge on any atom is -0.493 e. The van der Waals surface area contributed by atoms with Gasteiger partial charge < -0.3 is 20.5 Å². The van der Waals surface area contributed by atoms with E-state index in [0.29, 0.717) is 34.6 Å². The molecule has 148 valence electrons. The molecule has 26 heavy (non-hydrogen) atoms. The molecule has 0 saturated heterocycles. The van der Waals surface area contributed by atoms with E-state index in [-0.39, 0.29) is 30.4 Å². The maximum atomic E-state index is 12.5. The molecule has 3 N–H and O–H groups in total. The van der Waals surface area contributed by atoms with Crippen LogP contribution in [0.1, 0.15) is 56.3 Å². The van der Waals surface area contributed by atoms with Crippen LogP contribution in [-0.4, -0.2) is 31.7 Å². The summed E-state index contributed by atoms with van der Waals surface area (Å²) in [5.41, 5.74) is 6.39. The maximum Gasteiger partial charge on any atom is 0.251 e. The SMILES string of the molecule is COc1cc(C(=O)NC2CCC(N)CC2)cc(Cl)c1OCCC(C)C.Cl. The summed E-state index contributed by atoms with van der Waals surface area (Å²) in [4.78, 5) is 12.5. The molecule has 2 rings (SSSR count). The Kier molecular flexibility index (Phi) is 9.55. The average Bonchev–Trinajstić information content (AvgIpc) is 2.57. The van der Waals surface area contributed by atoms with Gasteiger partial charge in [-0.3, -0.25) is 4.79 Å². The topological polar surface area (TPSA) is 73.6 Å². The van der Waals surface area contributed by atoms with Crippen molar-refractivity contribution in [3.8, 4) is 11.5 Å². The van der Waals surface area contributed by atoms with E-state index in [0.717, 1.165) is 32.1 Å². The minimum absolute atomic E-state index is 0. The second-order valence-electron chi connectivity index (χ2n) is 7.11. The Bertz CT molecular complexity index is 588. The van der Waals surface area contributed by atoms with Crippen LogP contribution < -0.4 is 20.5 Å². The van der Waals surface area contributed by atoms with Crippen molar-refractivity contribution in [2.45, 2.75) is 58.0 Å². The largest absolute Gasteiger partial charge is 0.493 e. The molecule has 1 aliphatic carbocycles. The van der Waals surface area contributed by atoms with E-state index in [1.807, 2.05) is 0 Å². The van der Waals surface area contributed by atoms with E-state index in [1.165, 1.54) is 0 Å². The van der Waals surface area contributed by atoms with Crippen LogP contribution in [0.15, 0.2) is 12.1 Å². The molecule has 1 aromatic rings. The lowest BCUT2D eigenvalue weighted by Crippen LogP contribution is -2.40. The van der Waals surface area contributed by atoms with Crippen LogP contribution in [0.4, 0.5) is 0 Å². The van der Waals surface area contributed by atoms with E-state index in [4.69, 9.17) is 26.8 Å². The predicted octanol–water partition coefficient (Wildman–Crippen LogP) is 4.20. The van der Waals surface area contributed by atoms with Gasteiger partial charge >= 0.3 is 0 Å². The number of nitrogens with two attached hydrogens (primary N) is 1. The third-order valence-electron chi connectivity index (χ3n) is 4.54. The number of halogens is 2. The third-order valence-corrected chi connectivity index (χ3v) is 4.82. The number of ether oxygens (including phenoxy) is 2. The van der Waals surface area contributed by atoms with Gasteiger partial charge in [0.2, 0.25) is 0 Å². The molecule has 0 spiro atoms. The Morgan fingerprint density at radius 3 is 2.54 bits per heavy atom. The molecule has 0 bridgehead atoms.